The Labute approximate surface area is 113 Å². The van der Waals surface area contributed by atoms with Crippen molar-refractivity contribution in [2.75, 3.05) is 13.1 Å². The lowest BCUT2D eigenvalue weighted by Gasteiger charge is -2.08. The van der Waals surface area contributed by atoms with Crippen LogP contribution in [0, 0.1) is 10.8 Å². The summed E-state index contributed by atoms with van der Waals surface area (Å²) in [7, 11) is 0. The molecule has 0 aliphatic heterocycles. The normalized spacial score (nSPS) is 9.25. The zero-order chi connectivity index (χ0) is 12.6. The zero-order valence-electron chi connectivity index (χ0n) is 8.20. The number of rotatable bonds is 3. The molecular weight excluding hydrogens is 284 g/mol. The largest absolute Gasteiger partial charge is 0.378 e. The van der Waals surface area contributed by atoms with Gasteiger partial charge in [-0.25, -0.2) is 0 Å². The van der Waals surface area contributed by atoms with Crippen LogP contribution in [-0.2, 0) is 0 Å². The third kappa shape index (κ3) is 9.96. The molecule has 0 aromatic heterocycles. The molecule has 0 amide bonds. The number of thioether (sulfide) groups is 2. The SMILES string of the molecule is N=C(N)SC(=S)NCCNC(=S)SC(=N)N. The summed E-state index contributed by atoms with van der Waals surface area (Å²) < 4.78 is 0.888. The van der Waals surface area contributed by atoms with E-state index < -0.39 is 0 Å². The molecule has 0 atom stereocenters. The molecule has 0 unspecified atom stereocenters. The lowest BCUT2D eigenvalue weighted by molar-refractivity contribution is 0.834. The van der Waals surface area contributed by atoms with Gasteiger partial charge in [0.25, 0.3) is 0 Å². The highest BCUT2D eigenvalue weighted by molar-refractivity contribution is 8.33. The number of nitrogens with one attached hydrogen (secondary N) is 4. The van der Waals surface area contributed by atoms with Crippen LogP contribution in [0.4, 0.5) is 0 Å². The summed E-state index contributed by atoms with van der Waals surface area (Å²) in [6.07, 6.45) is 0. The van der Waals surface area contributed by atoms with E-state index in [2.05, 4.69) is 10.6 Å². The molecular formula is C6H12N6S4. The van der Waals surface area contributed by atoms with E-state index in [4.69, 9.17) is 46.7 Å². The van der Waals surface area contributed by atoms with E-state index in [9.17, 15) is 0 Å². The summed E-state index contributed by atoms with van der Waals surface area (Å²) in [6.45, 7) is 1.11. The molecule has 0 fully saturated rings. The highest BCUT2D eigenvalue weighted by atomic mass is 32.2. The summed E-state index contributed by atoms with van der Waals surface area (Å²) in [4.78, 5) is 0. The minimum absolute atomic E-state index is 0.0480. The summed E-state index contributed by atoms with van der Waals surface area (Å²) in [6, 6.07) is 0. The fourth-order valence-electron chi connectivity index (χ4n) is 0.601. The Balaban J connectivity index is 3.53. The van der Waals surface area contributed by atoms with Gasteiger partial charge in [0.2, 0.25) is 0 Å². The van der Waals surface area contributed by atoms with E-state index >= 15 is 0 Å². The van der Waals surface area contributed by atoms with E-state index in [-0.39, 0.29) is 10.3 Å². The molecule has 0 saturated heterocycles. The molecule has 0 bridgehead atoms. The van der Waals surface area contributed by atoms with Crippen LogP contribution in [0.1, 0.15) is 0 Å². The van der Waals surface area contributed by atoms with Crippen LogP contribution in [0.5, 0.6) is 0 Å². The van der Waals surface area contributed by atoms with Crippen LogP contribution in [-0.4, -0.2) is 32.1 Å². The molecule has 0 aliphatic carbocycles. The fourth-order valence-corrected chi connectivity index (χ4v) is 2.09. The topological polar surface area (TPSA) is 124 Å². The van der Waals surface area contributed by atoms with E-state index in [0.29, 0.717) is 21.7 Å². The average Bonchev–Trinajstić information content (AvgIpc) is 2.10. The molecule has 0 spiro atoms. The van der Waals surface area contributed by atoms with Crippen molar-refractivity contribution >= 4 is 66.9 Å². The van der Waals surface area contributed by atoms with Gasteiger partial charge < -0.3 is 22.1 Å². The predicted octanol–water partition coefficient (Wildman–Crippen LogP) is -0.0113. The third-order valence-electron chi connectivity index (χ3n) is 1.07. The van der Waals surface area contributed by atoms with Gasteiger partial charge in [0.1, 0.15) is 8.64 Å². The highest BCUT2D eigenvalue weighted by Gasteiger charge is 2.00. The quantitative estimate of drug-likeness (QED) is 0.186. The van der Waals surface area contributed by atoms with Gasteiger partial charge in [0.05, 0.1) is 0 Å². The maximum absolute atomic E-state index is 6.99. The van der Waals surface area contributed by atoms with Crippen LogP contribution in [0.3, 0.4) is 0 Å². The second kappa shape index (κ2) is 8.56. The van der Waals surface area contributed by atoms with Crippen molar-refractivity contribution in [1.29, 1.82) is 10.8 Å². The monoisotopic (exact) mass is 296 g/mol. The third-order valence-corrected chi connectivity index (χ3v) is 2.96. The first-order valence-corrected chi connectivity index (χ1v) is 6.46. The Morgan fingerprint density at radius 3 is 1.50 bits per heavy atom. The van der Waals surface area contributed by atoms with Gasteiger partial charge in [-0.3, -0.25) is 10.8 Å². The molecule has 0 saturated carbocycles. The molecule has 0 heterocycles. The standard InChI is InChI=1S/C6H12N6S4/c7-3(8)15-5(13)11-1-2-12-6(14)16-4(9)10/h1-2H2,(H3,7,8)(H3,9,10)(H,11,13)(H,12,14). The van der Waals surface area contributed by atoms with Crippen molar-refractivity contribution in [1.82, 2.24) is 10.6 Å². The van der Waals surface area contributed by atoms with Crippen LogP contribution in [0.2, 0.25) is 0 Å². The van der Waals surface area contributed by atoms with Gasteiger partial charge in [-0.05, 0) is 23.5 Å². The predicted molar refractivity (Wildman–Crippen MR) is 80.2 cm³/mol. The minimum Gasteiger partial charge on any atom is -0.378 e. The Morgan fingerprint density at radius 1 is 0.938 bits per heavy atom. The molecule has 0 radical (unpaired) electrons. The van der Waals surface area contributed by atoms with Crippen molar-refractivity contribution in [3.05, 3.63) is 0 Å². The lowest BCUT2D eigenvalue weighted by Crippen LogP contribution is -2.32. The van der Waals surface area contributed by atoms with Crippen LogP contribution >= 0.6 is 48.0 Å². The van der Waals surface area contributed by atoms with Gasteiger partial charge in [-0.1, -0.05) is 24.4 Å². The first-order chi connectivity index (χ1) is 7.41. The first-order valence-electron chi connectivity index (χ1n) is 4.01. The zero-order valence-corrected chi connectivity index (χ0v) is 11.5. The maximum atomic E-state index is 6.99. The van der Waals surface area contributed by atoms with Gasteiger partial charge in [0, 0.05) is 13.1 Å². The summed E-state index contributed by atoms with van der Waals surface area (Å²) in [5.41, 5.74) is 10.3. The molecule has 16 heavy (non-hydrogen) atoms. The minimum atomic E-state index is -0.0480. The van der Waals surface area contributed by atoms with Crippen molar-refractivity contribution in [2.24, 2.45) is 11.5 Å². The Hall–Kier alpha value is -0.580. The Bertz CT molecular complexity index is 273. The van der Waals surface area contributed by atoms with Crippen molar-refractivity contribution in [3.8, 4) is 0 Å². The summed E-state index contributed by atoms with van der Waals surface area (Å²) in [5.74, 6) is 0. The van der Waals surface area contributed by atoms with E-state index in [1.54, 1.807) is 0 Å². The van der Waals surface area contributed by atoms with Crippen LogP contribution in [0.15, 0.2) is 0 Å². The number of nitrogens with two attached hydrogens (primary N) is 2. The Kier molecular flexibility index (Phi) is 8.25. The number of thiocarbonyl (C=S) groups is 2. The fraction of sp³-hybridized carbons (Fsp3) is 0.333. The molecule has 0 rings (SSSR count). The number of amidine groups is 2. The maximum Gasteiger partial charge on any atom is 0.158 e. The first kappa shape index (κ1) is 15.4. The van der Waals surface area contributed by atoms with Crippen molar-refractivity contribution in [2.45, 2.75) is 0 Å². The summed E-state index contributed by atoms with van der Waals surface area (Å²) in [5, 5.41) is 19.6. The van der Waals surface area contributed by atoms with Crippen molar-refractivity contribution in [3.63, 3.8) is 0 Å². The molecule has 0 aromatic rings. The molecule has 90 valence electrons. The summed E-state index contributed by atoms with van der Waals surface area (Å²) >= 11 is 11.8. The molecule has 10 heteroatoms. The van der Waals surface area contributed by atoms with Gasteiger partial charge in [-0.2, -0.15) is 0 Å². The van der Waals surface area contributed by atoms with Crippen molar-refractivity contribution < 1.29 is 0 Å². The van der Waals surface area contributed by atoms with E-state index in [1.807, 2.05) is 0 Å². The Morgan fingerprint density at radius 2 is 1.25 bits per heavy atom. The van der Waals surface area contributed by atoms with E-state index in [1.165, 1.54) is 0 Å². The highest BCUT2D eigenvalue weighted by Crippen LogP contribution is 2.00. The van der Waals surface area contributed by atoms with Gasteiger partial charge >= 0.3 is 0 Å². The van der Waals surface area contributed by atoms with Crippen LogP contribution < -0.4 is 22.1 Å². The second-order valence-corrected chi connectivity index (χ2v) is 5.80. The smallest absolute Gasteiger partial charge is 0.158 e. The number of hydrogen-bond acceptors (Lipinski definition) is 6. The second-order valence-electron chi connectivity index (χ2n) is 2.36. The molecule has 0 aliphatic rings. The molecule has 6 nitrogen and oxygen atoms in total. The lowest BCUT2D eigenvalue weighted by atomic mass is 10.6. The van der Waals surface area contributed by atoms with E-state index in [0.717, 1.165) is 23.5 Å². The molecule has 8 N–H and O–H groups in total. The average molecular weight is 296 g/mol. The van der Waals surface area contributed by atoms with Gasteiger partial charge in [0.15, 0.2) is 10.3 Å². The van der Waals surface area contributed by atoms with Crippen LogP contribution in [0.25, 0.3) is 0 Å². The molecule has 0 aromatic carbocycles. The number of hydrogen-bond donors (Lipinski definition) is 6. The van der Waals surface area contributed by atoms with Gasteiger partial charge in [-0.15, -0.1) is 0 Å².